The van der Waals surface area contributed by atoms with Gasteiger partial charge in [0.2, 0.25) is 0 Å². The van der Waals surface area contributed by atoms with Crippen LogP contribution in [0.15, 0.2) is 45.3 Å². The van der Waals surface area contributed by atoms with Crippen molar-refractivity contribution < 1.29 is 17.6 Å². The van der Waals surface area contributed by atoms with Gasteiger partial charge in [0, 0.05) is 8.95 Å². The average molecular weight is 427 g/mol. The SMILES string of the molecule is NC(c1cc(Br)cc(Br)c1)c1ccc(F)c(C(F)(F)F)c1. The molecule has 0 spiro atoms. The molecule has 0 fully saturated rings. The van der Waals surface area contributed by atoms with Crippen LogP contribution in [0.3, 0.4) is 0 Å². The zero-order valence-corrected chi connectivity index (χ0v) is 13.6. The highest BCUT2D eigenvalue weighted by Crippen LogP contribution is 2.34. The standard InChI is InChI=1S/C14H9Br2F4N/c15-9-3-8(4-10(16)6-9)13(21)7-1-2-12(17)11(5-7)14(18,19)20/h1-6,13H,21H2. The van der Waals surface area contributed by atoms with E-state index in [9.17, 15) is 17.6 Å². The first-order chi connectivity index (χ1) is 9.68. The van der Waals surface area contributed by atoms with E-state index in [1.54, 1.807) is 18.2 Å². The average Bonchev–Trinajstić information content (AvgIpc) is 2.36. The second-order valence-corrected chi connectivity index (χ2v) is 6.25. The summed E-state index contributed by atoms with van der Waals surface area (Å²) in [6.45, 7) is 0. The van der Waals surface area contributed by atoms with Crippen LogP contribution in [0.5, 0.6) is 0 Å². The van der Waals surface area contributed by atoms with Gasteiger partial charge in [0.1, 0.15) is 5.82 Å². The maximum Gasteiger partial charge on any atom is 0.419 e. The minimum atomic E-state index is -4.75. The number of alkyl halides is 3. The highest BCUT2D eigenvalue weighted by Gasteiger charge is 2.34. The fourth-order valence-electron chi connectivity index (χ4n) is 1.90. The Hall–Kier alpha value is -0.920. The highest BCUT2D eigenvalue weighted by molar-refractivity contribution is 9.11. The Morgan fingerprint density at radius 3 is 2.00 bits per heavy atom. The quantitative estimate of drug-likeness (QED) is 0.637. The summed E-state index contributed by atoms with van der Waals surface area (Å²) in [7, 11) is 0. The van der Waals surface area contributed by atoms with Crippen LogP contribution in [0.2, 0.25) is 0 Å². The summed E-state index contributed by atoms with van der Waals surface area (Å²) in [6.07, 6.45) is -4.75. The number of benzene rings is 2. The topological polar surface area (TPSA) is 26.0 Å². The lowest BCUT2D eigenvalue weighted by atomic mass is 9.97. The van der Waals surface area contributed by atoms with Crippen molar-refractivity contribution in [3.05, 3.63) is 67.9 Å². The lowest BCUT2D eigenvalue weighted by Crippen LogP contribution is -2.15. The predicted octanol–water partition coefficient (Wildman–Crippen LogP) is 5.42. The van der Waals surface area contributed by atoms with Crippen molar-refractivity contribution in [2.24, 2.45) is 5.73 Å². The van der Waals surface area contributed by atoms with Crippen LogP contribution in [0.1, 0.15) is 22.7 Å². The minimum absolute atomic E-state index is 0.189. The van der Waals surface area contributed by atoms with E-state index < -0.39 is 23.6 Å². The number of rotatable bonds is 2. The van der Waals surface area contributed by atoms with Gasteiger partial charge in [-0.1, -0.05) is 37.9 Å². The molecule has 1 nitrogen and oxygen atoms in total. The zero-order valence-electron chi connectivity index (χ0n) is 10.4. The van der Waals surface area contributed by atoms with Crippen LogP contribution in [0, 0.1) is 5.82 Å². The summed E-state index contributed by atoms with van der Waals surface area (Å²) in [6, 6.07) is 7.17. The second kappa shape index (κ2) is 6.06. The number of nitrogens with two attached hydrogens (primary N) is 1. The third-order valence-electron chi connectivity index (χ3n) is 2.90. The Bertz CT molecular complexity index is 650. The van der Waals surface area contributed by atoms with Crippen molar-refractivity contribution in [2.75, 3.05) is 0 Å². The van der Waals surface area contributed by atoms with Gasteiger partial charge in [-0.3, -0.25) is 0 Å². The summed E-state index contributed by atoms with van der Waals surface area (Å²) in [5.74, 6) is -1.31. The lowest BCUT2D eigenvalue weighted by Gasteiger charge is -2.16. The Labute approximate surface area is 135 Å². The van der Waals surface area contributed by atoms with E-state index >= 15 is 0 Å². The third kappa shape index (κ3) is 3.84. The molecule has 0 aliphatic carbocycles. The second-order valence-electron chi connectivity index (χ2n) is 4.42. The number of hydrogen-bond acceptors (Lipinski definition) is 1. The molecule has 0 heterocycles. The molecule has 2 N–H and O–H groups in total. The maximum absolute atomic E-state index is 13.3. The highest BCUT2D eigenvalue weighted by atomic mass is 79.9. The van der Waals surface area contributed by atoms with E-state index in [4.69, 9.17) is 5.73 Å². The van der Waals surface area contributed by atoms with Crippen LogP contribution >= 0.6 is 31.9 Å². The van der Waals surface area contributed by atoms with Crippen LogP contribution in [-0.2, 0) is 6.18 Å². The normalized spacial score (nSPS) is 13.3. The molecule has 0 amide bonds. The molecule has 0 saturated carbocycles. The van der Waals surface area contributed by atoms with Crippen molar-refractivity contribution in [1.29, 1.82) is 0 Å². The van der Waals surface area contributed by atoms with Gasteiger partial charge < -0.3 is 5.73 Å². The maximum atomic E-state index is 13.3. The summed E-state index contributed by atoms with van der Waals surface area (Å²) in [4.78, 5) is 0. The van der Waals surface area contributed by atoms with Gasteiger partial charge in [0.25, 0.3) is 0 Å². The first-order valence-corrected chi connectivity index (χ1v) is 7.35. The molecule has 0 aromatic heterocycles. The Balaban J connectivity index is 2.46. The van der Waals surface area contributed by atoms with Crippen molar-refractivity contribution in [3.8, 4) is 0 Å². The Morgan fingerprint density at radius 2 is 1.48 bits per heavy atom. The van der Waals surface area contributed by atoms with Crippen molar-refractivity contribution in [2.45, 2.75) is 12.2 Å². The van der Waals surface area contributed by atoms with Crippen LogP contribution in [0.4, 0.5) is 17.6 Å². The van der Waals surface area contributed by atoms with Crippen LogP contribution < -0.4 is 5.73 Å². The minimum Gasteiger partial charge on any atom is -0.320 e. The number of hydrogen-bond donors (Lipinski definition) is 1. The van der Waals surface area contributed by atoms with Gasteiger partial charge in [0.15, 0.2) is 0 Å². The smallest absolute Gasteiger partial charge is 0.320 e. The molecule has 0 aliphatic rings. The lowest BCUT2D eigenvalue weighted by molar-refractivity contribution is -0.140. The summed E-state index contributed by atoms with van der Waals surface area (Å²) in [5, 5.41) is 0. The van der Waals surface area contributed by atoms with E-state index in [0.717, 1.165) is 21.1 Å². The van der Waals surface area contributed by atoms with Gasteiger partial charge in [-0.2, -0.15) is 13.2 Å². The van der Waals surface area contributed by atoms with Crippen molar-refractivity contribution >= 4 is 31.9 Å². The zero-order chi connectivity index (χ0) is 15.8. The molecule has 2 rings (SSSR count). The molecule has 2 aromatic rings. The summed E-state index contributed by atoms with van der Waals surface area (Å²) >= 11 is 6.57. The van der Waals surface area contributed by atoms with Crippen LogP contribution in [-0.4, -0.2) is 0 Å². The third-order valence-corrected chi connectivity index (χ3v) is 3.81. The first kappa shape index (κ1) is 16.5. The fraction of sp³-hybridized carbons (Fsp3) is 0.143. The monoisotopic (exact) mass is 425 g/mol. The molecule has 0 aliphatic heterocycles. The van der Waals surface area contributed by atoms with Gasteiger partial charge in [-0.05, 0) is 41.5 Å². The molecule has 1 unspecified atom stereocenters. The largest absolute Gasteiger partial charge is 0.419 e. The molecule has 7 heteroatoms. The van der Waals surface area contributed by atoms with Gasteiger partial charge >= 0.3 is 6.18 Å². The molecule has 112 valence electrons. The molecule has 0 radical (unpaired) electrons. The van der Waals surface area contributed by atoms with E-state index in [-0.39, 0.29) is 5.56 Å². The predicted molar refractivity (Wildman–Crippen MR) is 79.3 cm³/mol. The van der Waals surface area contributed by atoms with Crippen molar-refractivity contribution in [1.82, 2.24) is 0 Å². The van der Waals surface area contributed by atoms with E-state index in [1.807, 2.05) is 0 Å². The Kier molecular flexibility index (Phi) is 4.75. The molecular weight excluding hydrogens is 418 g/mol. The molecule has 0 bridgehead atoms. The van der Waals surface area contributed by atoms with Gasteiger partial charge in [-0.15, -0.1) is 0 Å². The number of halogens is 6. The molecule has 2 aromatic carbocycles. The van der Waals surface area contributed by atoms with E-state index in [1.165, 1.54) is 6.07 Å². The molecule has 0 saturated heterocycles. The van der Waals surface area contributed by atoms with Crippen molar-refractivity contribution in [3.63, 3.8) is 0 Å². The summed E-state index contributed by atoms with van der Waals surface area (Å²) in [5.41, 5.74) is 5.47. The van der Waals surface area contributed by atoms with Gasteiger partial charge in [0.05, 0.1) is 11.6 Å². The first-order valence-electron chi connectivity index (χ1n) is 5.76. The van der Waals surface area contributed by atoms with E-state index in [0.29, 0.717) is 5.56 Å². The molecule has 1 atom stereocenters. The van der Waals surface area contributed by atoms with E-state index in [2.05, 4.69) is 31.9 Å². The molecular formula is C14H9Br2F4N. The van der Waals surface area contributed by atoms with Gasteiger partial charge in [-0.25, -0.2) is 4.39 Å². The Morgan fingerprint density at radius 1 is 0.905 bits per heavy atom. The molecule has 21 heavy (non-hydrogen) atoms. The summed E-state index contributed by atoms with van der Waals surface area (Å²) < 4.78 is 52.9. The van der Waals surface area contributed by atoms with Crippen LogP contribution in [0.25, 0.3) is 0 Å². The fourth-order valence-corrected chi connectivity index (χ4v) is 3.23.